The zero-order valence-electron chi connectivity index (χ0n) is 16.0. The van der Waals surface area contributed by atoms with Gasteiger partial charge in [-0.3, -0.25) is 0 Å². The monoisotopic (exact) mass is 390 g/mol. The average molecular weight is 391 g/mol. The number of nitrogens with zero attached hydrogens (tertiary/aromatic N) is 4. The average Bonchev–Trinajstić information content (AvgIpc) is 3.41. The molecule has 1 aromatic rings. The van der Waals surface area contributed by atoms with E-state index in [1.807, 2.05) is 0 Å². The van der Waals surface area contributed by atoms with Crippen LogP contribution in [0.5, 0.6) is 0 Å². The lowest BCUT2D eigenvalue weighted by atomic mass is 10.1. The first-order valence-electron chi connectivity index (χ1n) is 10.3. The van der Waals surface area contributed by atoms with Crippen LogP contribution < -0.4 is 20.4 Å². The van der Waals surface area contributed by atoms with Gasteiger partial charge in [-0.15, -0.1) is 0 Å². The SMILES string of the molecule is S=C(NC[C@H]1CCCO1)Nc1nc(N2CCCCC2)cc(N2CCCC2)n1. The third kappa shape index (κ3) is 4.99. The van der Waals surface area contributed by atoms with Gasteiger partial charge in [0.2, 0.25) is 5.95 Å². The molecule has 2 N–H and O–H groups in total. The highest BCUT2D eigenvalue weighted by molar-refractivity contribution is 7.80. The van der Waals surface area contributed by atoms with Gasteiger partial charge in [0, 0.05) is 45.4 Å². The van der Waals surface area contributed by atoms with Crippen LogP contribution in [0.4, 0.5) is 17.6 Å². The number of anilines is 3. The second-order valence-corrected chi connectivity index (χ2v) is 8.03. The standard InChI is InChI=1S/C19H30N6OS/c27-19(20-14-15-7-6-12-26-15)23-18-21-16(24-8-2-1-3-9-24)13-17(22-18)25-10-4-5-11-25/h13,15H,1-12,14H2,(H2,20,21,22,23,27)/t15-/m1/s1. The molecular weight excluding hydrogens is 360 g/mol. The van der Waals surface area contributed by atoms with E-state index >= 15 is 0 Å². The largest absolute Gasteiger partial charge is 0.376 e. The summed E-state index contributed by atoms with van der Waals surface area (Å²) in [5, 5.41) is 7.01. The summed E-state index contributed by atoms with van der Waals surface area (Å²) >= 11 is 5.46. The van der Waals surface area contributed by atoms with Crippen molar-refractivity contribution in [2.24, 2.45) is 0 Å². The maximum Gasteiger partial charge on any atom is 0.232 e. The maximum atomic E-state index is 5.64. The van der Waals surface area contributed by atoms with Crippen LogP contribution in [0.15, 0.2) is 6.07 Å². The maximum absolute atomic E-state index is 5.64. The van der Waals surface area contributed by atoms with Gasteiger partial charge in [0.25, 0.3) is 0 Å². The predicted molar refractivity (Wildman–Crippen MR) is 113 cm³/mol. The second-order valence-electron chi connectivity index (χ2n) is 7.62. The van der Waals surface area contributed by atoms with Crippen LogP contribution >= 0.6 is 12.2 Å². The molecule has 7 nitrogen and oxygen atoms in total. The first kappa shape index (κ1) is 18.7. The van der Waals surface area contributed by atoms with Crippen molar-refractivity contribution < 1.29 is 4.74 Å². The molecule has 0 aliphatic carbocycles. The number of thiocarbonyl (C=S) groups is 1. The normalized spacial score (nSPS) is 22.9. The quantitative estimate of drug-likeness (QED) is 0.744. The van der Waals surface area contributed by atoms with E-state index in [9.17, 15) is 0 Å². The lowest BCUT2D eigenvalue weighted by molar-refractivity contribution is 0.114. The molecule has 3 fully saturated rings. The smallest absolute Gasteiger partial charge is 0.232 e. The summed E-state index contributed by atoms with van der Waals surface area (Å²) in [6.45, 7) is 5.85. The molecule has 3 saturated heterocycles. The second kappa shape index (κ2) is 9.01. The van der Waals surface area contributed by atoms with Gasteiger partial charge in [-0.2, -0.15) is 9.97 Å². The number of hydrogen-bond donors (Lipinski definition) is 2. The van der Waals surface area contributed by atoms with Crippen molar-refractivity contribution >= 4 is 34.9 Å². The first-order chi connectivity index (χ1) is 13.3. The Labute approximate surface area is 166 Å². The summed E-state index contributed by atoms with van der Waals surface area (Å²) in [5.41, 5.74) is 0. The molecule has 3 aliphatic heterocycles. The van der Waals surface area contributed by atoms with Gasteiger partial charge in [-0.25, -0.2) is 0 Å². The molecule has 4 heterocycles. The van der Waals surface area contributed by atoms with E-state index in [-0.39, 0.29) is 6.10 Å². The molecule has 0 spiro atoms. The molecule has 1 atom stereocenters. The molecule has 4 rings (SSSR count). The third-order valence-electron chi connectivity index (χ3n) is 5.55. The Morgan fingerprint density at radius 1 is 1.00 bits per heavy atom. The predicted octanol–water partition coefficient (Wildman–Crippen LogP) is 2.53. The van der Waals surface area contributed by atoms with Crippen molar-refractivity contribution in [3.63, 3.8) is 0 Å². The summed E-state index contributed by atoms with van der Waals surface area (Å²) in [6, 6.07) is 2.14. The lowest BCUT2D eigenvalue weighted by Crippen LogP contribution is -2.36. The summed E-state index contributed by atoms with van der Waals surface area (Å²) in [5.74, 6) is 2.60. The molecule has 8 heteroatoms. The van der Waals surface area contributed by atoms with Crippen LogP contribution in [0.2, 0.25) is 0 Å². The number of hydrogen-bond acceptors (Lipinski definition) is 6. The van der Waals surface area contributed by atoms with Crippen LogP contribution in [-0.4, -0.2) is 60.5 Å². The molecule has 0 radical (unpaired) electrons. The fourth-order valence-electron chi connectivity index (χ4n) is 4.03. The first-order valence-corrected chi connectivity index (χ1v) is 10.7. The van der Waals surface area contributed by atoms with E-state index in [1.165, 1.54) is 32.1 Å². The number of nitrogens with one attached hydrogen (secondary N) is 2. The molecule has 0 unspecified atom stereocenters. The molecule has 0 aromatic carbocycles. The highest BCUT2D eigenvalue weighted by Crippen LogP contribution is 2.26. The van der Waals surface area contributed by atoms with E-state index in [2.05, 4.69) is 26.5 Å². The molecule has 0 bridgehead atoms. The van der Waals surface area contributed by atoms with Crippen molar-refractivity contribution in [1.29, 1.82) is 0 Å². The Morgan fingerprint density at radius 2 is 1.63 bits per heavy atom. The van der Waals surface area contributed by atoms with Gasteiger partial charge in [0.15, 0.2) is 5.11 Å². The van der Waals surface area contributed by atoms with Gasteiger partial charge in [0.1, 0.15) is 11.6 Å². The van der Waals surface area contributed by atoms with Crippen LogP contribution in [0, 0.1) is 0 Å². The Bertz CT molecular complexity index is 639. The molecule has 1 aromatic heterocycles. The molecule has 0 saturated carbocycles. The fourth-order valence-corrected chi connectivity index (χ4v) is 4.20. The van der Waals surface area contributed by atoms with E-state index in [1.54, 1.807) is 0 Å². The highest BCUT2D eigenvalue weighted by atomic mass is 32.1. The molecule has 3 aliphatic rings. The summed E-state index contributed by atoms with van der Waals surface area (Å²) in [6.07, 6.45) is 8.71. The van der Waals surface area contributed by atoms with Crippen LogP contribution in [0.25, 0.3) is 0 Å². The van der Waals surface area contributed by atoms with E-state index < -0.39 is 0 Å². The Morgan fingerprint density at radius 3 is 2.22 bits per heavy atom. The number of ether oxygens (including phenoxy) is 1. The fraction of sp³-hybridized carbons (Fsp3) is 0.737. The summed E-state index contributed by atoms with van der Waals surface area (Å²) in [4.78, 5) is 14.2. The number of rotatable bonds is 5. The highest BCUT2D eigenvalue weighted by Gasteiger charge is 2.20. The Balaban J connectivity index is 1.45. The van der Waals surface area contributed by atoms with E-state index in [0.29, 0.717) is 11.1 Å². The molecule has 0 amide bonds. The molecule has 148 valence electrons. The minimum Gasteiger partial charge on any atom is -0.376 e. The van der Waals surface area contributed by atoms with E-state index in [0.717, 1.165) is 63.8 Å². The number of piperidine rings is 1. The zero-order chi connectivity index (χ0) is 18.5. The van der Waals surface area contributed by atoms with Crippen LogP contribution in [0.3, 0.4) is 0 Å². The lowest BCUT2D eigenvalue weighted by Gasteiger charge is -2.29. The Hall–Kier alpha value is -1.67. The van der Waals surface area contributed by atoms with Crippen molar-refractivity contribution in [3.05, 3.63) is 6.07 Å². The van der Waals surface area contributed by atoms with Crippen molar-refractivity contribution in [2.75, 3.05) is 54.4 Å². The minimum absolute atomic E-state index is 0.255. The van der Waals surface area contributed by atoms with E-state index in [4.69, 9.17) is 26.9 Å². The summed E-state index contributed by atoms with van der Waals surface area (Å²) < 4.78 is 5.64. The number of aromatic nitrogens is 2. The van der Waals surface area contributed by atoms with Gasteiger partial charge < -0.3 is 25.2 Å². The third-order valence-corrected chi connectivity index (χ3v) is 5.80. The van der Waals surface area contributed by atoms with Crippen molar-refractivity contribution in [3.8, 4) is 0 Å². The topological polar surface area (TPSA) is 65.6 Å². The zero-order valence-corrected chi connectivity index (χ0v) is 16.8. The van der Waals surface area contributed by atoms with Crippen LogP contribution in [0.1, 0.15) is 44.9 Å². The van der Waals surface area contributed by atoms with Gasteiger partial charge in [-0.05, 0) is 57.2 Å². The molecule has 27 heavy (non-hydrogen) atoms. The van der Waals surface area contributed by atoms with Gasteiger partial charge in [0.05, 0.1) is 6.10 Å². The van der Waals surface area contributed by atoms with Gasteiger partial charge in [-0.1, -0.05) is 0 Å². The minimum atomic E-state index is 0.255. The van der Waals surface area contributed by atoms with Crippen molar-refractivity contribution in [1.82, 2.24) is 15.3 Å². The molecular formula is C19H30N6OS. The van der Waals surface area contributed by atoms with Gasteiger partial charge >= 0.3 is 0 Å². The Kier molecular flexibility index (Phi) is 6.24. The van der Waals surface area contributed by atoms with Crippen molar-refractivity contribution in [2.45, 2.75) is 51.0 Å². The summed E-state index contributed by atoms with van der Waals surface area (Å²) in [7, 11) is 0. The van der Waals surface area contributed by atoms with Crippen LogP contribution in [-0.2, 0) is 4.74 Å².